The quantitative estimate of drug-likeness (QED) is 0.679. The summed E-state index contributed by atoms with van der Waals surface area (Å²) >= 11 is 1.53. The SMILES string of the molecule is CCOC1Oc2ccc3c(=O)c4ccccc4sc3c2O1. The zero-order chi connectivity index (χ0) is 14.4. The Labute approximate surface area is 124 Å². The lowest BCUT2D eigenvalue weighted by molar-refractivity contribution is -0.173. The first-order valence-corrected chi connectivity index (χ1v) is 7.53. The van der Waals surface area contributed by atoms with Gasteiger partial charge in [-0.1, -0.05) is 12.1 Å². The number of fused-ring (bicyclic) bond motifs is 4. The molecule has 2 heterocycles. The predicted molar refractivity (Wildman–Crippen MR) is 82.3 cm³/mol. The van der Waals surface area contributed by atoms with Crippen LogP contribution in [0.25, 0.3) is 20.2 Å². The van der Waals surface area contributed by atoms with Gasteiger partial charge in [-0.2, -0.15) is 0 Å². The van der Waals surface area contributed by atoms with E-state index in [9.17, 15) is 4.79 Å². The highest BCUT2D eigenvalue weighted by atomic mass is 32.1. The van der Waals surface area contributed by atoms with Gasteiger partial charge in [-0.3, -0.25) is 4.79 Å². The fourth-order valence-electron chi connectivity index (χ4n) is 2.46. The van der Waals surface area contributed by atoms with Gasteiger partial charge >= 0.3 is 6.48 Å². The van der Waals surface area contributed by atoms with Gasteiger partial charge in [0.2, 0.25) is 0 Å². The van der Waals surface area contributed by atoms with Crippen LogP contribution in [-0.4, -0.2) is 13.1 Å². The van der Waals surface area contributed by atoms with Crippen molar-refractivity contribution in [3.63, 3.8) is 0 Å². The average molecular weight is 300 g/mol. The lowest BCUT2D eigenvalue weighted by atomic mass is 10.1. The van der Waals surface area contributed by atoms with Gasteiger partial charge in [0.25, 0.3) is 0 Å². The minimum absolute atomic E-state index is 0.0191. The van der Waals surface area contributed by atoms with Crippen LogP contribution < -0.4 is 14.9 Å². The lowest BCUT2D eigenvalue weighted by Crippen LogP contribution is -2.21. The molecule has 106 valence electrons. The van der Waals surface area contributed by atoms with Gasteiger partial charge in [-0.15, -0.1) is 11.3 Å². The molecule has 1 aliphatic heterocycles. The van der Waals surface area contributed by atoms with E-state index in [0.29, 0.717) is 23.5 Å². The Hall–Kier alpha value is -2.11. The zero-order valence-electron chi connectivity index (χ0n) is 11.3. The van der Waals surface area contributed by atoms with Crippen molar-refractivity contribution in [3.05, 3.63) is 46.6 Å². The molecule has 0 bridgehead atoms. The minimum atomic E-state index is -0.732. The van der Waals surface area contributed by atoms with Crippen LogP contribution in [0.2, 0.25) is 0 Å². The molecule has 0 spiro atoms. The Balaban J connectivity index is 2.00. The van der Waals surface area contributed by atoms with Crippen LogP contribution in [0.15, 0.2) is 41.2 Å². The molecule has 2 aromatic carbocycles. The van der Waals surface area contributed by atoms with E-state index in [1.165, 1.54) is 11.3 Å². The highest BCUT2D eigenvalue weighted by Crippen LogP contribution is 2.43. The lowest BCUT2D eigenvalue weighted by Gasteiger charge is -2.08. The van der Waals surface area contributed by atoms with Gasteiger partial charge in [0.15, 0.2) is 16.9 Å². The van der Waals surface area contributed by atoms with E-state index in [1.807, 2.05) is 31.2 Å². The average Bonchev–Trinajstić information content (AvgIpc) is 2.91. The predicted octanol–water partition coefficient (Wildman–Crippen LogP) is 3.51. The molecule has 0 amide bonds. The van der Waals surface area contributed by atoms with Crippen LogP contribution in [0.4, 0.5) is 0 Å². The highest BCUT2D eigenvalue weighted by molar-refractivity contribution is 7.24. The molecule has 1 aromatic heterocycles. The molecule has 4 nitrogen and oxygen atoms in total. The molecular weight excluding hydrogens is 288 g/mol. The summed E-state index contributed by atoms with van der Waals surface area (Å²) in [5.74, 6) is 1.21. The summed E-state index contributed by atoms with van der Waals surface area (Å²) in [4.78, 5) is 12.6. The fraction of sp³-hybridized carbons (Fsp3) is 0.188. The van der Waals surface area contributed by atoms with E-state index >= 15 is 0 Å². The van der Waals surface area contributed by atoms with Gasteiger partial charge in [-0.25, -0.2) is 0 Å². The van der Waals surface area contributed by atoms with E-state index in [0.717, 1.165) is 14.8 Å². The highest BCUT2D eigenvalue weighted by Gasteiger charge is 2.27. The number of hydrogen-bond donors (Lipinski definition) is 0. The van der Waals surface area contributed by atoms with Crippen LogP contribution >= 0.6 is 11.3 Å². The monoisotopic (exact) mass is 300 g/mol. The van der Waals surface area contributed by atoms with Crippen molar-refractivity contribution in [1.82, 2.24) is 0 Å². The number of rotatable bonds is 2. The van der Waals surface area contributed by atoms with Crippen molar-refractivity contribution in [1.29, 1.82) is 0 Å². The van der Waals surface area contributed by atoms with Crippen LogP contribution in [0.3, 0.4) is 0 Å². The molecule has 0 saturated carbocycles. The van der Waals surface area contributed by atoms with E-state index in [-0.39, 0.29) is 5.43 Å². The summed E-state index contributed by atoms with van der Waals surface area (Å²) in [5, 5.41) is 1.38. The van der Waals surface area contributed by atoms with E-state index in [2.05, 4.69) is 0 Å². The summed E-state index contributed by atoms with van der Waals surface area (Å²) in [5.41, 5.74) is 0.0191. The summed E-state index contributed by atoms with van der Waals surface area (Å²) in [6.45, 7) is 1.64. The van der Waals surface area contributed by atoms with Crippen molar-refractivity contribution >= 4 is 31.5 Å². The number of ether oxygens (including phenoxy) is 3. The summed E-state index contributed by atoms with van der Waals surface area (Å²) in [6, 6.07) is 11.1. The third-order valence-corrected chi connectivity index (χ3v) is 4.59. The molecule has 0 N–H and O–H groups in total. The first-order valence-electron chi connectivity index (χ1n) is 6.71. The topological polar surface area (TPSA) is 44.8 Å². The van der Waals surface area contributed by atoms with Crippen molar-refractivity contribution < 1.29 is 14.2 Å². The minimum Gasteiger partial charge on any atom is -0.428 e. The second-order valence-corrected chi connectivity index (χ2v) is 5.73. The molecule has 21 heavy (non-hydrogen) atoms. The Morgan fingerprint density at radius 2 is 2.00 bits per heavy atom. The second-order valence-electron chi connectivity index (χ2n) is 4.68. The van der Waals surface area contributed by atoms with Gasteiger partial charge in [0.1, 0.15) is 0 Å². The first kappa shape index (κ1) is 12.6. The molecule has 0 aliphatic carbocycles. The third kappa shape index (κ3) is 1.89. The molecule has 1 aliphatic rings. The Morgan fingerprint density at radius 1 is 1.14 bits per heavy atom. The maximum absolute atomic E-state index is 12.6. The van der Waals surface area contributed by atoms with Crippen molar-refractivity contribution in [3.8, 4) is 11.5 Å². The maximum atomic E-state index is 12.6. The molecule has 1 unspecified atom stereocenters. The van der Waals surface area contributed by atoms with Crippen LogP contribution in [-0.2, 0) is 4.74 Å². The molecule has 4 rings (SSSR count). The van der Waals surface area contributed by atoms with Crippen molar-refractivity contribution in [2.45, 2.75) is 13.4 Å². The molecule has 1 atom stereocenters. The maximum Gasteiger partial charge on any atom is 0.361 e. The molecule has 0 saturated heterocycles. The Morgan fingerprint density at radius 3 is 2.86 bits per heavy atom. The first-order chi connectivity index (χ1) is 10.3. The Kier molecular flexibility index (Phi) is 2.83. The molecule has 0 fully saturated rings. The van der Waals surface area contributed by atoms with Crippen LogP contribution in [0.1, 0.15) is 6.92 Å². The van der Waals surface area contributed by atoms with E-state index in [4.69, 9.17) is 14.2 Å². The van der Waals surface area contributed by atoms with E-state index in [1.54, 1.807) is 12.1 Å². The van der Waals surface area contributed by atoms with Crippen LogP contribution in [0, 0.1) is 0 Å². The van der Waals surface area contributed by atoms with Gasteiger partial charge in [0.05, 0.1) is 11.3 Å². The summed E-state index contributed by atoms with van der Waals surface area (Å²) in [6.07, 6.45) is 0. The molecular formula is C16H12O4S. The normalized spacial score (nSPS) is 16.7. The summed E-state index contributed by atoms with van der Waals surface area (Å²) < 4.78 is 18.3. The van der Waals surface area contributed by atoms with Gasteiger partial charge < -0.3 is 14.2 Å². The number of benzene rings is 2. The second kappa shape index (κ2) is 4.72. The smallest absolute Gasteiger partial charge is 0.361 e. The standard InChI is InChI=1S/C16H12O4S/c1-2-18-16-19-11-8-7-10-13(17)9-5-3-4-6-12(9)21-15(10)14(11)20-16/h3-8,16H,2H2,1H3. The molecule has 0 radical (unpaired) electrons. The summed E-state index contributed by atoms with van der Waals surface area (Å²) in [7, 11) is 0. The molecule has 5 heteroatoms. The zero-order valence-corrected chi connectivity index (χ0v) is 12.1. The van der Waals surface area contributed by atoms with E-state index < -0.39 is 6.48 Å². The fourth-order valence-corrected chi connectivity index (χ4v) is 3.60. The Bertz CT molecular complexity index is 900. The largest absolute Gasteiger partial charge is 0.428 e. The number of hydrogen-bond acceptors (Lipinski definition) is 5. The van der Waals surface area contributed by atoms with Crippen molar-refractivity contribution in [2.75, 3.05) is 6.61 Å². The van der Waals surface area contributed by atoms with Gasteiger partial charge in [0, 0.05) is 15.5 Å². The van der Waals surface area contributed by atoms with Crippen molar-refractivity contribution in [2.24, 2.45) is 0 Å². The third-order valence-electron chi connectivity index (χ3n) is 3.40. The molecule has 3 aromatic rings. The van der Waals surface area contributed by atoms with Gasteiger partial charge in [-0.05, 0) is 31.2 Å². The van der Waals surface area contributed by atoms with Crippen LogP contribution in [0.5, 0.6) is 11.5 Å².